The molecule has 0 aliphatic rings. The van der Waals surface area contributed by atoms with E-state index in [9.17, 15) is 4.79 Å². The quantitative estimate of drug-likeness (QED) is 0.357. The van der Waals surface area contributed by atoms with Gasteiger partial charge in [-0.05, 0) is 31.5 Å². The van der Waals surface area contributed by atoms with Gasteiger partial charge in [0.25, 0.3) is 0 Å². The third-order valence-corrected chi connectivity index (χ3v) is 3.18. The number of aryl methyl sites for hydroxylation is 1. The molecule has 0 saturated heterocycles. The van der Waals surface area contributed by atoms with E-state index in [1.54, 1.807) is 18.5 Å². The second-order valence-electron chi connectivity index (χ2n) is 5.10. The number of rotatable bonds is 9. The summed E-state index contributed by atoms with van der Waals surface area (Å²) in [4.78, 5) is 16.1. The highest BCUT2D eigenvalue weighted by Crippen LogP contribution is 1.98. The Bertz CT molecular complexity index is 607. The molecule has 8 heteroatoms. The molecule has 24 heavy (non-hydrogen) atoms. The highest BCUT2D eigenvalue weighted by atomic mass is 16.3. The number of furan rings is 1. The lowest BCUT2D eigenvalue weighted by Gasteiger charge is -2.11. The van der Waals surface area contributed by atoms with Crippen molar-refractivity contribution in [1.29, 1.82) is 0 Å². The van der Waals surface area contributed by atoms with Gasteiger partial charge in [-0.2, -0.15) is 5.10 Å². The number of hydrogen-bond donors (Lipinski definition) is 3. The van der Waals surface area contributed by atoms with Gasteiger partial charge in [0.15, 0.2) is 5.96 Å². The first-order valence-electron chi connectivity index (χ1n) is 8.06. The summed E-state index contributed by atoms with van der Waals surface area (Å²) in [5.74, 6) is 1.20. The van der Waals surface area contributed by atoms with Gasteiger partial charge < -0.3 is 20.4 Å². The van der Waals surface area contributed by atoms with Crippen LogP contribution in [0.15, 0.2) is 46.3 Å². The van der Waals surface area contributed by atoms with Crippen LogP contribution in [-0.2, 0) is 17.9 Å². The lowest BCUT2D eigenvalue weighted by atomic mass is 10.4. The normalized spacial score (nSPS) is 11.3. The van der Waals surface area contributed by atoms with Crippen LogP contribution in [0.3, 0.4) is 0 Å². The van der Waals surface area contributed by atoms with Crippen LogP contribution in [0, 0.1) is 0 Å². The lowest BCUT2D eigenvalue weighted by Crippen LogP contribution is -2.39. The topological polar surface area (TPSA) is 96.5 Å². The van der Waals surface area contributed by atoms with Crippen molar-refractivity contribution in [2.75, 3.05) is 19.6 Å². The zero-order chi connectivity index (χ0) is 17.0. The van der Waals surface area contributed by atoms with Crippen molar-refractivity contribution in [3.05, 3.63) is 42.6 Å². The molecule has 1 amide bonds. The molecule has 2 aromatic rings. The molecular weight excluding hydrogens is 308 g/mol. The summed E-state index contributed by atoms with van der Waals surface area (Å²) in [5.41, 5.74) is 0. The van der Waals surface area contributed by atoms with Crippen LogP contribution < -0.4 is 16.0 Å². The minimum absolute atomic E-state index is 0.0647. The Morgan fingerprint density at radius 3 is 2.96 bits per heavy atom. The summed E-state index contributed by atoms with van der Waals surface area (Å²) in [5, 5.41) is 13.2. The Balaban J connectivity index is 1.67. The standard InChI is InChI=1S/C16H24N6O2/c1-2-17-16(18-7-4-9-22-10-5-8-21-22)20-13-15(23)19-12-14-6-3-11-24-14/h3,5-6,8,10-11H,2,4,7,9,12-13H2,1H3,(H,19,23)(H2,17,18,20). The van der Waals surface area contributed by atoms with Crippen LogP contribution in [-0.4, -0.2) is 41.3 Å². The molecule has 2 rings (SSSR count). The van der Waals surface area contributed by atoms with Crippen molar-refractivity contribution in [3.63, 3.8) is 0 Å². The van der Waals surface area contributed by atoms with Crippen molar-refractivity contribution < 1.29 is 9.21 Å². The minimum atomic E-state index is -0.153. The highest BCUT2D eigenvalue weighted by Gasteiger charge is 2.03. The van der Waals surface area contributed by atoms with Gasteiger partial charge in [0.05, 0.1) is 12.8 Å². The van der Waals surface area contributed by atoms with E-state index in [-0.39, 0.29) is 12.5 Å². The molecule has 0 spiro atoms. The minimum Gasteiger partial charge on any atom is -0.467 e. The Hall–Kier alpha value is -2.77. The zero-order valence-electron chi connectivity index (χ0n) is 13.9. The fraction of sp³-hybridized carbons (Fsp3) is 0.438. The van der Waals surface area contributed by atoms with Gasteiger partial charge in [0, 0.05) is 32.0 Å². The maximum absolute atomic E-state index is 11.8. The van der Waals surface area contributed by atoms with E-state index in [0.717, 1.165) is 31.8 Å². The number of guanidine groups is 1. The van der Waals surface area contributed by atoms with E-state index < -0.39 is 0 Å². The van der Waals surface area contributed by atoms with Gasteiger partial charge in [-0.1, -0.05) is 0 Å². The van der Waals surface area contributed by atoms with Crippen molar-refractivity contribution >= 4 is 11.9 Å². The van der Waals surface area contributed by atoms with Crippen LogP contribution in [0.4, 0.5) is 0 Å². The monoisotopic (exact) mass is 332 g/mol. The van der Waals surface area contributed by atoms with Gasteiger partial charge in [-0.15, -0.1) is 0 Å². The molecule has 0 aromatic carbocycles. The molecule has 0 fully saturated rings. The molecule has 0 aliphatic carbocycles. The summed E-state index contributed by atoms with van der Waals surface area (Å²) >= 11 is 0. The van der Waals surface area contributed by atoms with Crippen LogP contribution in [0.1, 0.15) is 19.1 Å². The number of nitrogens with zero attached hydrogens (tertiary/aromatic N) is 3. The van der Waals surface area contributed by atoms with E-state index in [2.05, 4.69) is 26.0 Å². The molecule has 0 saturated carbocycles. The third kappa shape index (κ3) is 6.55. The summed E-state index contributed by atoms with van der Waals surface area (Å²) < 4.78 is 7.04. The maximum Gasteiger partial charge on any atom is 0.242 e. The van der Waals surface area contributed by atoms with Crippen LogP contribution in [0.25, 0.3) is 0 Å². The molecule has 0 aliphatic heterocycles. The van der Waals surface area contributed by atoms with Gasteiger partial charge in [0.1, 0.15) is 12.3 Å². The second kappa shape index (κ2) is 10.1. The van der Waals surface area contributed by atoms with Gasteiger partial charge in [-0.25, -0.2) is 4.99 Å². The number of carbonyl (C=O) groups is 1. The zero-order valence-corrected chi connectivity index (χ0v) is 13.9. The summed E-state index contributed by atoms with van der Waals surface area (Å²) in [6.45, 7) is 4.74. The van der Waals surface area contributed by atoms with Gasteiger partial charge >= 0.3 is 0 Å². The summed E-state index contributed by atoms with van der Waals surface area (Å²) in [6.07, 6.45) is 6.19. The van der Waals surface area contributed by atoms with E-state index in [0.29, 0.717) is 12.5 Å². The average Bonchev–Trinajstić information content (AvgIpc) is 3.28. The molecular formula is C16H24N6O2. The fourth-order valence-electron chi connectivity index (χ4n) is 2.03. The van der Waals surface area contributed by atoms with E-state index in [1.807, 2.05) is 29.9 Å². The maximum atomic E-state index is 11.8. The lowest BCUT2D eigenvalue weighted by molar-refractivity contribution is -0.119. The molecule has 0 unspecified atom stereocenters. The average molecular weight is 332 g/mol. The number of amides is 1. The Kier molecular flexibility index (Phi) is 7.39. The van der Waals surface area contributed by atoms with E-state index in [1.165, 1.54) is 0 Å². The molecule has 0 radical (unpaired) electrons. The molecule has 2 heterocycles. The fourth-order valence-corrected chi connectivity index (χ4v) is 2.03. The molecule has 130 valence electrons. The van der Waals surface area contributed by atoms with E-state index >= 15 is 0 Å². The van der Waals surface area contributed by atoms with Gasteiger partial charge in [-0.3, -0.25) is 9.48 Å². The molecule has 0 atom stereocenters. The number of carbonyl (C=O) groups excluding carboxylic acids is 1. The van der Waals surface area contributed by atoms with Crippen molar-refractivity contribution in [1.82, 2.24) is 25.7 Å². The van der Waals surface area contributed by atoms with Crippen molar-refractivity contribution in [2.24, 2.45) is 4.99 Å². The second-order valence-corrected chi connectivity index (χ2v) is 5.10. The Morgan fingerprint density at radius 1 is 1.33 bits per heavy atom. The third-order valence-electron chi connectivity index (χ3n) is 3.18. The predicted octanol–water partition coefficient (Wildman–Crippen LogP) is 0.738. The highest BCUT2D eigenvalue weighted by molar-refractivity contribution is 5.84. The van der Waals surface area contributed by atoms with Crippen LogP contribution in [0.2, 0.25) is 0 Å². The van der Waals surface area contributed by atoms with E-state index in [4.69, 9.17) is 4.42 Å². The van der Waals surface area contributed by atoms with Crippen molar-refractivity contribution in [2.45, 2.75) is 26.4 Å². The molecule has 0 bridgehead atoms. The van der Waals surface area contributed by atoms with Crippen LogP contribution >= 0.6 is 0 Å². The summed E-state index contributed by atoms with van der Waals surface area (Å²) in [7, 11) is 0. The largest absolute Gasteiger partial charge is 0.467 e. The smallest absolute Gasteiger partial charge is 0.242 e. The number of nitrogens with one attached hydrogen (secondary N) is 3. The predicted molar refractivity (Wildman–Crippen MR) is 91.4 cm³/mol. The molecule has 3 N–H and O–H groups in total. The SMILES string of the molecule is CCNC(=NCC(=O)NCc1ccco1)NCCCn1cccn1. The first-order chi connectivity index (χ1) is 11.8. The Morgan fingerprint density at radius 2 is 2.25 bits per heavy atom. The number of aliphatic imine (C=N–C) groups is 1. The molecule has 2 aromatic heterocycles. The van der Waals surface area contributed by atoms with Crippen molar-refractivity contribution in [3.8, 4) is 0 Å². The first-order valence-corrected chi connectivity index (χ1v) is 8.06. The molecule has 8 nitrogen and oxygen atoms in total. The number of aromatic nitrogens is 2. The first kappa shape index (κ1) is 17.6. The Labute approximate surface area is 141 Å². The van der Waals surface area contributed by atoms with Gasteiger partial charge in [0.2, 0.25) is 5.91 Å². The number of hydrogen-bond acceptors (Lipinski definition) is 4. The van der Waals surface area contributed by atoms with Crippen LogP contribution in [0.5, 0.6) is 0 Å². The summed E-state index contributed by atoms with van der Waals surface area (Å²) in [6, 6.07) is 5.51.